The molecule has 2 N–H and O–H groups in total. The highest BCUT2D eigenvalue weighted by atomic mass is 16.5. The normalized spacial score (nSPS) is 9.75. The van der Waals surface area contributed by atoms with Crippen molar-refractivity contribution in [1.29, 1.82) is 0 Å². The highest BCUT2D eigenvalue weighted by molar-refractivity contribution is 5.93. The Labute approximate surface area is 162 Å². The molecule has 0 aliphatic carbocycles. The second kappa shape index (κ2) is 8.56. The summed E-state index contributed by atoms with van der Waals surface area (Å²) in [5.74, 6) is 6.05. The van der Waals surface area contributed by atoms with Crippen LogP contribution in [0.5, 0.6) is 11.5 Å². The van der Waals surface area contributed by atoms with Crippen molar-refractivity contribution in [2.45, 2.75) is 0 Å². The number of primary amides is 1. The fraction of sp³-hybridized carbons (Fsp3) is 0.0435. The van der Waals surface area contributed by atoms with Gasteiger partial charge in [-0.25, -0.2) is 4.79 Å². The van der Waals surface area contributed by atoms with E-state index in [2.05, 4.69) is 11.8 Å². The van der Waals surface area contributed by atoms with Gasteiger partial charge in [0.25, 0.3) is 0 Å². The van der Waals surface area contributed by atoms with E-state index in [0.717, 1.165) is 0 Å². The lowest BCUT2D eigenvalue weighted by Crippen LogP contribution is -2.10. The molecule has 0 aromatic heterocycles. The number of benzene rings is 3. The van der Waals surface area contributed by atoms with Gasteiger partial charge in [-0.3, -0.25) is 4.79 Å². The Kier molecular flexibility index (Phi) is 5.73. The van der Waals surface area contributed by atoms with E-state index in [1.165, 1.54) is 0 Å². The summed E-state index contributed by atoms with van der Waals surface area (Å²) in [5.41, 5.74) is 7.35. The van der Waals surface area contributed by atoms with Gasteiger partial charge in [0.2, 0.25) is 5.91 Å². The smallest absolute Gasteiger partial charge is 0.343 e. The van der Waals surface area contributed by atoms with Crippen LogP contribution in [0.15, 0.2) is 72.8 Å². The van der Waals surface area contributed by atoms with Gasteiger partial charge in [-0.2, -0.15) is 0 Å². The maximum atomic E-state index is 12.4. The van der Waals surface area contributed by atoms with E-state index in [0.29, 0.717) is 33.8 Å². The fourth-order valence-corrected chi connectivity index (χ4v) is 2.43. The van der Waals surface area contributed by atoms with E-state index >= 15 is 0 Å². The number of nitrogens with two attached hydrogens (primary N) is 1. The number of amides is 1. The molecule has 3 rings (SSSR count). The molecule has 0 atom stereocenters. The lowest BCUT2D eigenvalue weighted by atomic mass is 10.1. The molecule has 0 saturated carbocycles. The summed E-state index contributed by atoms with van der Waals surface area (Å²) in [4.78, 5) is 23.6. The Morgan fingerprint density at radius 1 is 0.786 bits per heavy atom. The summed E-state index contributed by atoms with van der Waals surface area (Å²) >= 11 is 0. The predicted molar refractivity (Wildman–Crippen MR) is 105 cm³/mol. The Bertz CT molecular complexity index is 1080. The Balaban J connectivity index is 1.76. The van der Waals surface area contributed by atoms with E-state index < -0.39 is 11.9 Å². The van der Waals surface area contributed by atoms with Gasteiger partial charge in [-0.1, -0.05) is 24.0 Å². The molecule has 0 heterocycles. The molecule has 3 aromatic carbocycles. The van der Waals surface area contributed by atoms with Crippen molar-refractivity contribution < 1.29 is 19.1 Å². The second-order valence-corrected chi connectivity index (χ2v) is 5.84. The third-order valence-electron chi connectivity index (χ3n) is 3.87. The first-order valence-electron chi connectivity index (χ1n) is 8.43. The van der Waals surface area contributed by atoms with Crippen LogP contribution in [0.3, 0.4) is 0 Å². The zero-order chi connectivity index (χ0) is 19.9. The summed E-state index contributed by atoms with van der Waals surface area (Å²) in [6, 6.07) is 20.3. The highest BCUT2D eigenvalue weighted by Crippen LogP contribution is 2.18. The summed E-state index contributed by atoms with van der Waals surface area (Å²) in [6.45, 7) is 0. The van der Waals surface area contributed by atoms with Crippen molar-refractivity contribution in [2.75, 3.05) is 7.11 Å². The van der Waals surface area contributed by atoms with Gasteiger partial charge in [0, 0.05) is 16.7 Å². The molecule has 0 spiro atoms. The largest absolute Gasteiger partial charge is 0.497 e. The van der Waals surface area contributed by atoms with E-state index in [1.807, 2.05) is 0 Å². The molecule has 0 bridgehead atoms. The minimum atomic E-state index is -0.507. The van der Waals surface area contributed by atoms with Gasteiger partial charge >= 0.3 is 5.97 Å². The molecule has 0 fully saturated rings. The quantitative estimate of drug-likeness (QED) is 0.433. The number of methoxy groups -OCH3 is 1. The van der Waals surface area contributed by atoms with Crippen molar-refractivity contribution in [3.63, 3.8) is 0 Å². The van der Waals surface area contributed by atoms with Gasteiger partial charge in [-0.15, -0.1) is 0 Å². The lowest BCUT2D eigenvalue weighted by molar-refractivity contribution is 0.0734. The number of ether oxygens (including phenoxy) is 2. The van der Waals surface area contributed by atoms with Crippen LogP contribution in [0.2, 0.25) is 0 Å². The number of hydrogen-bond acceptors (Lipinski definition) is 4. The van der Waals surface area contributed by atoms with Gasteiger partial charge in [0.05, 0.1) is 12.7 Å². The Morgan fingerprint density at radius 3 is 1.89 bits per heavy atom. The summed E-state index contributed by atoms with van der Waals surface area (Å²) < 4.78 is 10.4. The van der Waals surface area contributed by atoms with Crippen LogP contribution in [0.4, 0.5) is 0 Å². The minimum Gasteiger partial charge on any atom is -0.497 e. The van der Waals surface area contributed by atoms with Gasteiger partial charge < -0.3 is 15.2 Å². The third-order valence-corrected chi connectivity index (χ3v) is 3.87. The summed E-state index contributed by atoms with van der Waals surface area (Å²) in [7, 11) is 1.57. The highest BCUT2D eigenvalue weighted by Gasteiger charge is 2.09. The van der Waals surface area contributed by atoms with Crippen molar-refractivity contribution in [2.24, 2.45) is 5.73 Å². The summed E-state index contributed by atoms with van der Waals surface area (Å²) in [6.07, 6.45) is 0. The third kappa shape index (κ3) is 4.77. The number of carbonyl (C=O) groups is 2. The summed E-state index contributed by atoms with van der Waals surface area (Å²) in [5, 5.41) is 0. The molecule has 0 unspecified atom stereocenters. The average Bonchev–Trinajstić information content (AvgIpc) is 2.73. The second-order valence-electron chi connectivity index (χ2n) is 5.84. The molecule has 5 nitrogen and oxygen atoms in total. The first-order chi connectivity index (χ1) is 13.5. The fourth-order valence-electron chi connectivity index (χ4n) is 2.43. The molecule has 138 valence electrons. The molecule has 0 radical (unpaired) electrons. The minimum absolute atomic E-state index is 0.383. The lowest BCUT2D eigenvalue weighted by Gasteiger charge is -2.05. The molecule has 0 saturated heterocycles. The van der Waals surface area contributed by atoms with Crippen LogP contribution in [-0.4, -0.2) is 19.0 Å². The van der Waals surface area contributed by atoms with Crippen LogP contribution >= 0.6 is 0 Å². The monoisotopic (exact) mass is 371 g/mol. The van der Waals surface area contributed by atoms with Crippen LogP contribution in [0.1, 0.15) is 31.8 Å². The van der Waals surface area contributed by atoms with Gasteiger partial charge in [0.15, 0.2) is 0 Å². The SMILES string of the molecule is COc1ccc(OC(=O)c2cccc(C#Cc3cccc(C(N)=O)c3)c2)cc1. The zero-order valence-electron chi connectivity index (χ0n) is 15.1. The molecule has 5 heteroatoms. The molecule has 0 aliphatic heterocycles. The van der Waals surface area contributed by atoms with Crippen molar-refractivity contribution in [3.8, 4) is 23.3 Å². The first-order valence-corrected chi connectivity index (χ1v) is 8.43. The molecule has 0 aliphatic rings. The average molecular weight is 371 g/mol. The maximum absolute atomic E-state index is 12.4. The predicted octanol–water partition coefficient (Wildman–Crippen LogP) is 3.41. The number of rotatable bonds is 4. The number of hydrogen-bond donors (Lipinski definition) is 1. The van der Waals surface area contributed by atoms with Crippen molar-refractivity contribution >= 4 is 11.9 Å². The van der Waals surface area contributed by atoms with Crippen LogP contribution in [0.25, 0.3) is 0 Å². The van der Waals surface area contributed by atoms with Crippen LogP contribution < -0.4 is 15.2 Å². The van der Waals surface area contributed by atoms with Crippen LogP contribution in [-0.2, 0) is 0 Å². The van der Waals surface area contributed by atoms with E-state index in [4.69, 9.17) is 15.2 Å². The maximum Gasteiger partial charge on any atom is 0.343 e. The molecule has 3 aromatic rings. The first kappa shape index (κ1) is 18.7. The number of esters is 1. The van der Waals surface area contributed by atoms with Crippen molar-refractivity contribution in [3.05, 3.63) is 95.1 Å². The zero-order valence-corrected chi connectivity index (χ0v) is 15.1. The van der Waals surface area contributed by atoms with E-state index in [1.54, 1.807) is 79.9 Å². The topological polar surface area (TPSA) is 78.6 Å². The standard InChI is InChI=1S/C23H17NO4/c1-27-20-10-12-21(13-11-20)28-23(26)19-7-3-5-17(15-19)9-8-16-4-2-6-18(14-16)22(24)25/h2-7,10-15H,1H3,(H2,24,25). The van der Waals surface area contributed by atoms with E-state index in [9.17, 15) is 9.59 Å². The Morgan fingerprint density at radius 2 is 1.32 bits per heavy atom. The number of carbonyl (C=O) groups excluding carboxylic acids is 2. The molecule has 28 heavy (non-hydrogen) atoms. The molecular weight excluding hydrogens is 354 g/mol. The van der Waals surface area contributed by atoms with Gasteiger partial charge in [-0.05, 0) is 60.7 Å². The molecule has 1 amide bonds. The molecular formula is C23H17NO4. The van der Waals surface area contributed by atoms with Crippen LogP contribution in [0, 0.1) is 11.8 Å². The van der Waals surface area contributed by atoms with E-state index in [-0.39, 0.29) is 0 Å². The Hall–Kier alpha value is -4.04. The van der Waals surface area contributed by atoms with Gasteiger partial charge in [0.1, 0.15) is 11.5 Å². The van der Waals surface area contributed by atoms with Crippen molar-refractivity contribution in [1.82, 2.24) is 0 Å².